The number of benzene rings is 1. The summed E-state index contributed by atoms with van der Waals surface area (Å²) in [4.78, 5) is 70.3. The predicted molar refractivity (Wildman–Crippen MR) is 187 cm³/mol. The molecule has 1 aromatic rings. The molecule has 1 heterocycles. The molecule has 4 amide bonds. The molecule has 5 atom stereocenters. The molecule has 268 valence electrons. The Hall–Kier alpha value is -3.95. The first kappa shape index (κ1) is 34.5. The molecule has 6 aliphatic carbocycles. The molecule has 1 saturated heterocycles. The Bertz CT molecular complexity index is 1520. The van der Waals surface area contributed by atoms with E-state index < -0.39 is 47.4 Å². The lowest BCUT2D eigenvalue weighted by atomic mass is 9.54. The van der Waals surface area contributed by atoms with Gasteiger partial charge in [0.2, 0.25) is 17.6 Å². The molecule has 50 heavy (non-hydrogen) atoms. The minimum atomic E-state index is -1.07. The monoisotopic (exact) mass is 684 g/mol. The number of allylic oxidation sites excluding steroid dienone is 1. The number of rotatable bonds is 13. The fourth-order valence-corrected chi connectivity index (χ4v) is 10.9. The number of carbonyl (C=O) groups is 5. The Morgan fingerprint density at radius 2 is 1.56 bits per heavy atom. The van der Waals surface area contributed by atoms with Gasteiger partial charge in [0.1, 0.15) is 17.7 Å². The normalized spacial score (nSPS) is 32.2. The Morgan fingerprint density at radius 3 is 2.14 bits per heavy atom. The zero-order valence-electron chi connectivity index (χ0n) is 29.5. The fourth-order valence-electron chi connectivity index (χ4n) is 10.9. The van der Waals surface area contributed by atoms with Gasteiger partial charge in [-0.25, -0.2) is 4.79 Å². The number of hydrogen-bond donors (Lipinski definition) is 3. The smallest absolute Gasteiger partial charge is 0.408 e. The number of alkyl carbamates (subject to hydrolysis) is 1. The van der Waals surface area contributed by atoms with Crippen LogP contribution < -0.4 is 16.0 Å². The minimum Gasteiger partial charge on any atom is -0.443 e. The van der Waals surface area contributed by atoms with E-state index in [2.05, 4.69) is 55.1 Å². The zero-order valence-corrected chi connectivity index (χ0v) is 29.5. The van der Waals surface area contributed by atoms with Gasteiger partial charge < -0.3 is 25.6 Å². The summed E-state index contributed by atoms with van der Waals surface area (Å²) < 4.78 is 6.35. The Balaban J connectivity index is 1.12. The van der Waals surface area contributed by atoms with Crippen molar-refractivity contribution in [3.05, 3.63) is 60.7 Å². The van der Waals surface area contributed by atoms with Crippen molar-refractivity contribution in [3.63, 3.8) is 0 Å². The number of hydrogen-bond acceptors (Lipinski definition) is 6. The first-order valence-corrected chi connectivity index (χ1v) is 18.6. The summed E-state index contributed by atoms with van der Waals surface area (Å²) in [5, 5.41) is 8.42. The van der Waals surface area contributed by atoms with Gasteiger partial charge >= 0.3 is 6.09 Å². The molecule has 3 N–H and O–H groups in total. The van der Waals surface area contributed by atoms with Crippen LogP contribution in [0.1, 0.15) is 76.3 Å². The molecule has 4 bridgehead atoms. The molecule has 0 aromatic heterocycles. The van der Waals surface area contributed by atoms with Gasteiger partial charge in [-0.3, -0.25) is 19.2 Å². The van der Waals surface area contributed by atoms with Crippen LogP contribution in [0.25, 0.3) is 0 Å². The number of nitrogens with one attached hydrogen (secondary N) is 3. The lowest BCUT2D eigenvalue weighted by molar-refractivity contribution is -0.145. The van der Waals surface area contributed by atoms with E-state index in [4.69, 9.17) is 4.74 Å². The lowest BCUT2D eigenvalue weighted by Gasteiger charge is -2.55. The maximum absolute atomic E-state index is 14.8. The molecule has 7 aliphatic rings. The van der Waals surface area contributed by atoms with Gasteiger partial charge in [0.05, 0.1) is 6.04 Å². The highest BCUT2D eigenvalue weighted by atomic mass is 16.6. The van der Waals surface area contributed by atoms with Gasteiger partial charge in [-0.15, -0.1) is 13.2 Å². The van der Waals surface area contributed by atoms with E-state index in [0.29, 0.717) is 43.6 Å². The van der Waals surface area contributed by atoms with Crippen LogP contribution in [-0.4, -0.2) is 71.3 Å². The van der Waals surface area contributed by atoms with Gasteiger partial charge in [-0.05, 0) is 116 Å². The zero-order chi connectivity index (χ0) is 35.4. The summed E-state index contributed by atoms with van der Waals surface area (Å²) in [6.07, 6.45) is 10.8. The van der Waals surface area contributed by atoms with Crippen LogP contribution in [0.4, 0.5) is 4.79 Å². The number of likely N-dealkylation sites (tertiary alicyclic amines) is 1. The van der Waals surface area contributed by atoms with Crippen LogP contribution in [0.5, 0.6) is 0 Å². The Kier molecular flexibility index (Phi) is 9.18. The summed E-state index contributed by atoms with van der Waals surface area (Å²) >= 11 is 0. The predicted octanol–water partition coefficient (Wildman–Crippen LogP) is 4.27. The second kappa shape index (κ2) is 13.3. The summed E-state index contributed by atoms with van der Waals surface area (Å²) in [5.41, 5.74) is 1.68. The third-order valence-corrected chi connectivity index (χ3v) is 13.1. The van der Waals surface area contributed by atoms with Crippen molar-refractivity contribution in [2.24, 2.45) is 40.9 Å². The van der Waals surface area contributed by atoms with E-state index in [0.717, 1.165) is 30.4 Å². The Morgan fingerprint density at radius 1 is 0.940 bits per heavy atom. The number of Topliss-reactive ketones (excluding diaryl/α,β-unsaturated/α-hetero) is 1. The first-order valence-electron chi connectivity index (χ1n) is 18.6. The topological polar surface area (TPSA) is 134 Å². The van der Waals surface area contributed by atoms with Gasteiger partial charge in [-0.2, -0.15) is 0 Å². The highest BCUT2D eigenvalue weighted by Gasteiger charge is 2.70. The van der Waals surface area contributed by atoms with E-state index in [-0.39, 0.29) is 42.0 Å². The van der Waals surface area contributed by atoms with E-state index in [1.165, 1.54) is 25.3 Å². The van der Waals surface area contributed by atoms with Crippen LogP contribution in [0.2, 0.25) is 0 Å². The second-order valence-electron chi connectivity index (χ2n) is 16.7. The summed E-state index contributed by atoms with van der Waals surface area (Å²) in [5.74, 6) is -0.720. The minimum absolute atomic E-state index is 0.0980. The average molecular weight is 685 g/mol. The molecular weight excluding hydrogens is 632 g/mol. The number of ether oxygens (including phenoxy) is 1. The van der Waals surface area contributed by atoms with Gasteiger partial charge in [0.15, 0.2) is 0 Å². The molecule has 6 fully saturated rings. The van der Waals surface area contributed by atoms with E-state index in [9.17, 15) is 24.0 Å². The molecule has 5 saturated carbocycles. The van der Waals surface area contributed by atoms with Crippen molar-refractivity contribution < 1.29 is 28.7 Å². The van der Waals surface area contributed by atoms with Crippen molar-refractivity contribution in [2.45, 2.75) is 102 Å². The molecule has 10 heteroatoms. The molecule has 8 rings (SSSR count). The maximum atomic E-state index is 14.8. The van der Waals surface area contributed by atoms with Crippen molar-refractivity contribution >= 4 is 29.6 Å². The third-order valence-electron chi connectivity index (χ3n) is 13.1. The second-order valence-corrected chi connectivity index (χ2v) is 16.7. The number of amides is 4. The first-order chi connectivity index (χ1) is 23.9. The molecule has 1 aliphatic heterocycles. The van der Waals surface area contributed by atoms with Crippen molar-refractivity contribution in [1.82, 2.24) is 20.9 Å². The van der Waals surface area contributed by atoms with Crippen LogP contribution in [0.3, 0.4) is 0 Å². The summed E-state index contributed by atoms with van der Waals surface area (Å²) in [6.45, 7) is 12.0. The molecule has 0 spiro atoms. The highest BCUT2D eigenvalue weighted by molar-refractivity contribution is 6.38. The third kappa shape index (κ3) is 6.39. The molecular formula is C40H52N4O6. The largest absolute Gasteiger partial charge is 0.443 e. The summed E-state index contributed by atoms with van der Waals surface area (Å²) in [6, 6.07) is 5.32. The van der Waals surface area contributed by atoms with Gasteiger partial charge in [-0.1, -0.05) is 50.3 Å². The molecule has 1 aromatic carbocycles. The van der Waals surface area contributed by atoms with Crippen molar-refractivity contribution in [2.75, 3.05) is 13.1 Å². The fraction of sp³-hybridized carbons (Fsp3) is 0.625. The average Bonchev–Trinajstić information content (AvgIpc) is 3.42. The quantitative estimate of drug-likeness (QED) is 0.210. The van der Waals surface area contributed by atoms with Crippen LogP contribution in [-0.2, 0) is 36.8 Å². The van der Waals surface area contributed by atoms with E-state index in [1.54, 1.807) is 11.0 Å². The standard InChI is InChI=1S/C40H52N4O6/c1-5-7-12-30(34(45)36(47)41-13-6-2)42-35(46)33-31-29(39(31,3)4)22-44(33)37(48)32(28-17-26-10-8-9-11-27(26)18-28)43-38(49)50-40-19-23-14-24(20-40)16-25(15-23)21-40/h5-6,8-11,23-25,28-33H,1-2,7,12-22H2,3-4H3,(H,41,47)(H,42,46)(H,43,49)/t23?,24?,25?,29-,30?,31-,32-,33-,40?/m0/s1. The van der Waals surface area contributed by atoms with E-state index >= 15 is 0 Å². The Labute approximate surface area is 295 Å². The number of piperidine rings is 1. The van der Waals surface area contributed by atoms with Crippen LogP contribution >= 0.6 is 0 Å². The number of carbonyl (C=O) groups excluding carboxylic acids is 5. The SMILES string of the molecule is C=CCCC(NC(=O)[C@@H]1[C@@H]2[C@H](CN1C(=O)[C@@H](NC(=O)OC13CC4CC(CC(C4)C1)C3)C1Cc3ccccc3C1)C2(C)C)C(=O)C(=O)NCC=C. The lowest BCUT2D eigenvalue weighted by Crippen LogP contribution is -2.60. The number of fused-ring (bicyclic) bond motifs is 2. The van der Waals surface area contributed by atoms with Crippen LogP contribution in [0.15, 0.2) is 49.6 Å². The number of nitrogens with zero attached hydrogens (tertiary/aromatic N) is 1. The van der Waals surface area contributed by atoms with E-state index in [1.807, 2.05) is 12.1 Å². The molecule has 0 radical (unpaired) electrons. The highest BCUT2D eigenvalue weighted by Crippen LogP contribution is 2.65. The maximum Gasteiger partial charge on any atom is 0.408 e. The van der Waals surface area contributed by atoms with Crippen molar-refractivity contribution in [1.29, 1.82) is 0 Å². The van der Waals surface area contributed by atoms with Crippen LogP contribution in [0, 0.1) is 40.9 Å². The summed E-state index contributed by atoms with van der Waals surface area (Å²) in [7, 11) is 0. The van der Waals surface area contributed by atoms with Crippen molar-refractivity contribution in [3.8, 4) is 0 Å². The van der Waals surface area contributed by atoms with Gasteiger partial charge in [0.25, 0.3) is 5.91 Å². The molecule has 10 nitrogen and oxygen atoms in total. The number of ketones is 1. The van der Waals surface area contributed by atoms with Gasteiger partial charge in [0, 0.05) is 13.1 Å². The molecule has 1 unspecified atom stereocenters.